The highest BCUT2D eigenvalue weighted by molar-refractivity contribution is 5.92. The lowest BCUT2D eigenvalue weighted by atomic mass is 10.2. The minimum Gasteiger partial charge on any atom is -0.378 e. The van der Waals surface area contributed by atoms with Crippen molar-refractivity contribution < 1.29 is 4.79 Å². The number of rotatable bonds is 4. The van der Waals surface area contributed by atoms with Crippen LogP contribution in [-0.4, -0.2) is 25.0 Å². The molecule has 2 rings (SSSR count). The summed E-state index contributed by atoms with van der Waals surface area (Å²) in [6.07, 6.45) is 1.74. The van der Waals surface area contributed by atoms with Crippen LogP contribution in [0.15, 0.2) is 42.6 Å². The first-order valence-corrected chi connectivity index (χ1v) is 5.84. The van der Waals surface area contributed by atoms with Crippen LogP contribution in [-0.2, 0) is 6.54 Å². The third kappa shape index (κ3) is 2.91. The molecule has 0 spiro atoms. The van der Waals surface area contributed by atoms with Crippen LogP contribution >= 0.6 is 0 Å². The van der Waals surface area contributed by atoms with Crippen molar-refractivity contribution in [2.45, 2.75) is 6.54 Å². The zero-order valence-electron chi connectivity index (χ0n) is 10.6. The van der Waals surface area contributed by atoms with Gasteiger partial charge in [-0.1, -0.05) is 12.1 Å². The van der Waals surface area contributed by atoms with Crippen molar-refractivity contribution in [2.75, 3.05) is 19.0 Å². The van der Waals surface area contributed by atoms with Crippen molar-refractivity contribution in [1.29, 1.82) is 0 Å². The van der Waals surface area contributed by atoms with E-state index in [0.29, 0.717) is 12.2 Å². The fourth-order valence-electron chi connectivity index (χ4n) is 1.69. The molecule has 0 saturated heterocycles. The molecule has 94 valence electrons. The number of aromatic nitrogens is 1. The predicted octanol–water partition coefficient (Wildman–Crippen LogP) is 2.01. The third-order valence-electron chi connectivity index (χ3n) is 2.72. The lowest BCUT2D eigenvalue weighted by Gasteiger charge is -2.13. The molecular weight excluding hydrogens is 226 g/mol. The number of hydrogen-bond acceptors (Lipinski definition) is 2. The average molecular weight is 243 g/mol. The minimum absolute atomic E-state index is 0.0877. The number of nitrogens with zero attached hydrogens (tertiary/aromatic N) is 1. The second-order valence-corrected chi connectivity index (χ2v) is 4.33. The molecule has 0 aliphatic carbocycles. The Hall–Kier alpha value is -2.23. The fraction of sp³-hybridized carbons (Fsp3) is 0.214. The zero-order valence-corrected chi connectivity index (χ0v) is 10.6. The van der Waals surface area contributed by atoms with Crippen molar-refractivity contribution in [1.82, 2.24) is 10.3 Å². The van der Waals surface area contributed by atoms with Gasteiger partial charge in [0.1, 0.15) is 5.69 Å². The normalized spacial score (nSPS) is 10.1. The molecule has 0 unspecified atom stereocenters. The second kappa shape index (κ2) is 5.40. The number of nitrogens with one attached hydrogen (secondary N) is 2. The Morgan fingerprint density at radius 2 is 2.11 bits per heavy atom. The van der Waals surface area contributed by atoms with E-state index in [9.17, 15) is 4.79 Å². The number of carbonyl (C=O) groups excluding carboxylic acids is 1. The van der Waals surface area contributed by atoms with Crippen LogP contribution in [0.2, 0.25) is 0 Å². The molecule has 4 nitrogen and oxygen atoms in total. The topological polar surface area (TPSA) is 48.1 Å². The molecule has 2 N–H and O–H groups in total. The van der Waals surface area contributed by atoms with Crippen LogP contribution in [0.5, 0.6) is 0 Å². The summed E-state index contributed by atoms with van der Waals surface area (Å²) in [7, 11) is 3.99. The fourth-order valence-corrected chi connectivity index (χ4v) is 1.69. The number of benzene rings is 1. The third-order valence-corrected chi connectivity index (χ3v) is 2.72. The number of aromatic amines is 1. The van der Waals surface area contributed by atoms with Crippen molar-refractivity contribution in [3.63, 3.8) is 0 Å². The first-order valence-electron chi connectivity index (χ1n) is 5.84. The molecule has 0 atom stereocenters. The Morgan fingerprint density at radius 1 is 1.28 bits per heavy atom. The van der Waals surface area contributed by atoms with E-state index >= 15 is 0 Å². The van der Waals surface area contributed by atoms with Crippen molar-refractivity contribution in [3.8, 4) is 0 Å². The van der Waals surface area contributed by atoms with E-state index in [-0.39, 0.29) is 5.91 Å². The summed E-state index contributed by atoms with van der Waals surface area (Å²) in [5.41, 5.74) is 2.79. The Kier molecular flexibility index (Phi) is 3.67. The highest BCUT2D eigenvalue weighted by Crippen LogP contribution is 2.13. The van der Waals surface area contributed by atoms with Gasteiger partial charge < -0.3 is 15.2 Å². The van der Waals surface area contributed by atoms with Crippen molar-refractivity contribution in [3.05, 3.63) is 53.9 Å². The van der Waals surface area contributed by atoms with Gasteiger partial charge in [-0.05, 0) is 29.8 Å². The largest absolute Gasteiger partial charge is 0.378 e. The van der Waals surface area contributed by atoms with E-state index < -0.39 is 0 Å². The molecule has 0 fully saturated rings. The van der Waals surface area contributed by atoms with Gasteiger partial charge in [-0.2, -0.15) is 0 Å². The molecule has 0 bridgehead atoms. The molecule has 0 aliphatic heterocycles. The molecular formula is C14H17N3O. The number of amides is 1. The van der Waals surface area contributed by atoms with Gasteiger partial charge in [-0.3, -0.25) is 4.79 Å². The maximum absolute atomic E-state index is 11.7. The molecule has 0 aliphatic rings. The Bertz CT molecular complexity index is 518. The van der Waals surface area contributed by atoms with Crippen LogP contribution in [0.1, 0.15) is 16.1 Å². The van der Waals surface area contributed by atoms with Crippen LogP contribution in [0, 0.1) is 0 Å². The van der Waals surface area contributed by atoms with Crippen LogP contribution < -0.4 is 10.2 Å². The van der Waals surface area contributed by atoms with Gasteiger partial charge in [-0.25, -0.2) is 0 Å². The molecule has 1 heterocycles. The molecule has 18 heavy (non-hydrogen) atoms. The molecule has 0 radical (unpaired) electrons. The maximum Gasteiger partial charge on any atom is 0.267 e. The summed E-state index contributed by atoms with van der Waals surface area (Å²) in [5.74, 6) is -0.0877. The van der Waals surface area contributed by atoms with Crippen molar-refractivity contribution in [2.24, 2.45) is 0 Å². The van der Waals surface area contributed by atoms with Gasteiger partial charge in [0.25, 0.3) is 5.91 Å². The van der Waals surface area contributed by atoms with E-state index in [1.54, 1.807) is 12.3 Å². The highest BCUT2D eigenvalue weighted by Gasteiger charge is 2.05. The minimum atomic E-state index is -0.0877. The SMILES string of the molecule is CN(C)c1cccc(CNC(=O)c2ccc[nH]2)c1. The average Bonchev–Trinajstić information content (AvgIpc) is 2.90. The Morgan fingerprint density at radius 3 is 2.78 bits per heavy atom. The van der Waals surface area contributed by atoms with Gasteiger partial charge in [0.05, 0.1) is 0 Å². The van der Waals surface area contributed by atoms with Gasteiger partial charge in [0.2, 0.25) is 0 Å². The summed E-state index contributed by atoms with van der Waals surface area (Å²) in [6, 6.07) is 11.7. The highest BCUT2D eigenvalue weighted by atomic mass is 16.1. The lowest BCUT2D eigenvalue weighted by molar-refractivity contribution is 0.0946. The predicted molar refractivity (Wildman–Crippen MR) is 72.7 cm³/mol. The van der Waals surface area contributed by atoms with E-state index in [2.05, 4.69) is 16.4 Å². The smallest absolute Gasteiger partial charge is 0.267 e. The van der Waals surface area contributed by atoms with Crippen LogP contribution in [0.25, 0.3) is 0 Å². The molecule has 1 amide bonds. The molecule has 1 aromatic heterocycles. The van der Waals surface area contributed by atoms with Crippen LogP contribution in [0.4, 0.5) is 5.69 Å². The van der Waals surface area contributed by atoms with Gasteiger partial charge in [0, 0.05) is 32.5 Å². The molecule has 4 heteroatoms. The lowest BCUT2D eigenvalue weighted by Crippen LogP contribution is -2.23. The second-order valence-electron chi connectivity index (χ2n) is 4.33. The number of hydrogen-bond donors (Lipinski definition) is 2. The molecule has 1 aromatic carbocycles. The zero-order chi connectivity index (χ0) is 13.0. The summed E-state index contributed by atoms with van der Waals surface area (Å²) < 4.78 is 0. The Balaban J connectivity index is 1.98. The molecule has 2 aromatic rings. The summed E-state index contributed by atoms with van der Waals surface area (Å²) >= 11 is 0. The number of carbonyl (C=O) groups is 1. The van der Waals surface area contributed by atoms with E-state index in [1.165, 1.54) is 0 Å². The first-order chi connectivity index (χ1) is 8.66. The van der Waals surface area contributed by atoms with Crippen LogP contribution in [0.3, 0.4) is 0 Å². The van der Waals surface area contributed by atoms with E-state index in [0.717, 1.165) is 11.3 Å². The summed E-state index contributed by atoms with van der Waals surface area (Å²) in [5, 5.41) is 2.88. The molecule has 0 saturated carbocycles. The van der Waals surface area contributed by atoms with E-state index in [1.807, 2.05) is 43.3 Å². The van der Waals surface area contributed by atoms with Gasteiger partial charge in [-0.15, -0.1) is 0 Å². The Labute approximate surface area is 107 Å². The summed E-state index contributed by atoms with van der Waals surface area (Å²) in [4.78, 5) is 16.7. The van der Waals surface area contributed by atoms with Crippen molar-refractivity contribution >= 4 is 11.6 Å². The van der Waals surface area contributed by atoms with Gasteiger partial charge in [0.15, 0.2) is 0 Å². The standard InChI is InChI=1S/C14H17N3O/c1-17(2)12-6-3-5-11(9-12)10-16-14(18)13-7-4-8-15-13/h3-9,15H,10H2,1-2H3,(H,16,18). The van der Waals surface area contributed by atoms with Gasteiger partial charge >= 0.3 is 0 Å². The number of anilines is 1. The summed E-state index contributed by atoms with van der Waals surface area (Å²) in [6.45, 7) is 0.527. The number of H-pyrrole nitrogens is 1. The monoisotopic (exact) mass is 243 g/mol. The van der Waals surface area contributed by atoms with E-state index in [4.69, 9.17) is 0 Å². The maximum atomic E-state index is 11.7. The first kappa shape index (κ1) is 12.2. The quantitative estimate of drug-likeness (QED) is 0.863.